The average Bonchev–Trinajstić information content (AvgIpc) is 2.37. The Morgan fingerprint density at radius 2 is 2.14 bits per heavy atom. The lowest BCUT2D eigenvalue weighted by molar-refractivity contribution is 0.0691. The van der Waals surface area contributed by atoms with Gasteiger partial charge in [-0.3, -0.25) is 4.79 Å². The highest BCUT2D eigenvalue weighted by Crippen LogP contribution is 2.31. The third kappa shape index (κ3) is 2.83. The first-order chi connectivity index (χ1) is 9.93. The van der Waals surface area contributed by atoms with E-state index in [-0.39, 0.29) is 17.0 Å². The van der Waals surface area contributed by atoms with Crippen molar-refractivity contribution in [3.05, 3.63) is 39.9 Å². The summed E-state index contributed by atoms with van der Waals surface area (Å²) in [5.74, 6) is -2.91. The summed E-state index contributed by atoms with van der Waals surface area (Å²) in [6.07, 6.45) is 0. The van der Waals surface area contributed by atoms with Crippen molar-refractivity contribution in [2.24, 2.45) is 0 Å². The minimum absolute atomic E-state index is 0.0784. The molecule has 0 aliphatic rings. The number of carboxylic acid groups (broad SMARTS) is 1. The summed E-state index contributed by atoms with van der Waals surface area (Å²) in [6.45, 7) is 2.01. The summed E-state index contributed by atoms with van der Waals surface area (Å²) in [5, 5.41) is 24.3. The molecule has 0 amide bonds. The summed E-state index contributed by atoms with van der Waals surface area (Å²) >= 11 is 0. The van der Waals surface area contributed by atoms with Crippen LogP contribution in [0.15, 0.2) is 23.0 Å². The van der Waals surface area contributed by atoms with E-state index in [2.05, 4.69) is 5.10 Å². The van der Waals surface area contributed by atoms with Crippen molar-refractivity contribution in [2.75, 3.05) is 6.61 Å². The molecule has 2 rings (SSSR count). The second kappa shape index (κ2) is 5.61. The van der Waals surface area contributed by atoms with Crippen LogP contribution in [0.1, 0.15) is 17.3 Å². The quantitative estimate of drug-likeness (QED) is 0.785. The molecule has 0 atom stereocenters. The van der Waals surface area contributed by atoms with Crippen LogP contribution < -0.4 is 10.3 Å². The molecular formula is C13H11FN2O5. The number of carbonyl (C=O) groups is 1. The van der Waals surface area contributed by atoms with E-state index in [1.165, 1.54) is 6.07 Å². The van der Waals surface area contributed by atoms with E-state index >= 15 is 0 Å². The molecule has 0 aliphatic heterocycles. The smallest absolute Gasteiger partial charge is 0.345 e. The maximum absolute atomic E-state index is 13.5. The third-order valence-electron chi connectivity index (χ3n) is 2.63. The summed E-state index contributed by atoms with van der Waals surface area (Å²) in [6, 6.07) is 3.54. The van der Waals surface area contributed by atoms with Crippen molar-refractivity contribution in [3.63, 3.8) is 0 Å². The van der Waals surface area contributed by atoms with Crippen molar-refractivity contribution in [1.82, 2.24) is 10.2 Å². The van der Waals surface area contributed by atoms with Crippen molar-refractivity contribution in [3.8, 4) is 22.8 Å². The van der Waals surface area contributed by atoms with Gasteiger partial charge >= 0.3 is 5.97 Å². The highest BCUT2D eigenvalue weighted by molar-refractivity contribution is 5.92. The van der Waals surface area contributed by atoms with Crippen LogP contribution in [0.2, 0.25) is 0 Å². The number of carboxylic acids is 1. The van der Waals surface area contributed by atoms with E-state index in [4.69, 9.17) is 9.84 Å². The van der Waals surface area contributed by atoms with E-state index < -0.39 is 28.7 Å². The number of nitrogens with one attached hydrogen (secondary N) is 1. The molecule has 0 saturated heterocycles. The SMILES string of the molecule is CCOc1cc(F)cc(-c2n[nH]c(=O)c(C(=O)O)c2O)c1. The van der Waals surface area contributed by atoms with Crippen LogP contribution in [0.4, 0.5) is 4.39 Å². The zero-order valence-electron chi connectivity index (χ0n) is 10.9. The first-order valence-electron chi connectivity index (χ1n) is 5.92. The summed E-state index contributed by atoms with van der Waals surface area (Å²) in [4.78, 5) is 22.3. The van der Waals surface area contributed by atoms with Crippen molar-refractivity contribution in [2.45, 2.75) is 6.92 Å². The highest BCUT2D eigenvalue weighted by atomic mass is 19.1. The topological polar surface area (TPSA) is 113 Å². The molecule has 0 unspecified atom stereocenters. The molecule has 1 heterocycles. The number of benzene rings is 1. The van der Waals surface area contributed by atoms with Crippen LogP contribution in [0.5, 0.6) is 11.5 Å². The van der Waals surface area contributed by atoms with E-state index in [1.54, 1.807) is 6.92 Å². The second-order valence-corrected chi connectivity index (χ2v) is 4.04. The number of aromatic amines is 1. The fourth-order valence-corrected chi connectivity index (χ4v) is 1.79. The van der Waals surface area contributed by atoms with Crippen LogP contribution in [-0.2, 0) is 0 Å². The number of ether oxygens (including phenoxy) is 1. The monoisotopic (exact) mass is 294 g/mol. The van der Waals surface area contributed by atoms with Crippen LogP contribution in [0, 0.1) is 5.82 Å². The molecule has 1 aromatic carbocycles. The van der Waals surface area contributed by atoms with Crippen LogP contribution in [0.25, 0.3) is 11.3 Å². The van der Waals surface area contributed by atoms with Gasteiger partial charge in [0.1, 0.15) is 17.3 Å². The summed E-state index contributed by atoms with van der Waals surface area (Å²) in [7, 11) is 0. The highest BCUT2D eigenvalue weighted by Gasteiger charge is 2.21. The normalized spacial score (nSPS) is 10.4. The average molecular weight is 294 g/mol. The molecule has 1 aromatic heterocycles. The second-order valence-electron chi connectivity index (χ2n) is 4.04. The Morgan fingerprint density at radius 3 is 2.76 bits per heavy atom. The Labute approximate surface area is 117 Å². The van der Waals surface area contributed by atoms with Gasteiger partial charge < -0.3 is 14.9 Å². The van der Waals surface area contributed by atoms with Crippen molar-refractivity contribution in [1.29, 1.82) is 0 Å². The molecule has 0 radical (unpaired) electrons. The van der Waals surface area contributed by atoms with E-state index in [1.807, 2.05) is 5.10 Å². The van der Waals surface area contributed by atoms with Gasteiger partial charge in [0, 0.05) is 11.6 Å². The fraction of sp³-hybridized carbons (Fsp3) is 0.154. The van der Waals surface area contributed by atoms with Crippen LogP contribution in [0.3, 0.4) is 0 Å². The zero-order chi connectivity index (χ0) is 15.6. The standard InChI is InChI=1S/C13H11FN2O5/c1-2-21-8-4-6(3-7(14)5-8)10-11(17)9(13(19)20)12(18)16-15-10/h3-5H,2H2,1H3,(H,19,20)(H2,16,17,18). The molecule has 110 valence electrons. The third-order valence-corrected chi connectivity index (χ3v) is 2.63. The molecule has 3 N–H and O–H groups in total. The Morgan fingerprint density at radius 1 is 1.43 bits per heavy atom. The predicted molar refractivity (Wildman–Crippen MR) is 70.0 cm³/mol. The number of H-pyrrole nitrogens is 1. The van der Waals surface area contributed by atoms with E-state index in [9.17, 15) is 19.1 Å². The maximum Gasteiger partial charge on any atom is 0.345 e. The lowest BCUT2D eigenvalue weighted by atomic mass is 10.1. The molecule has 0 saturated carbocycles. The number of hydrogen-bond donors (Lipinski definition) is 3. The molecule has 7 nitrogen and oxygen atoms in total. The molecule has 0 fully saturated rings. The lowest BCUT2D eigenvalue weighted by Crippen LogP contribution is -2.19. The number of hydrogen-bond acceptors (Lipinski definition) is 5. The molecule has 2 aromatic rings. The largest absolute Gasteiger partial charge is 0.505 e. The minimum Gasteiger partial charge on any atom is -0.505 e. The fourth-order valence-electron chi connectivity index (χ4n) is 1.79. The van der Waals surface area contributed by atoms with Crippen molar-refractivity contribution < 1.29 is 24.1 Å². The maximum atomic E-state index is 13.5. The van der Waals surface area contributed by atoms with Gasteiger partial charge in [-0.2, -0.15) is 5.10 Å². The zero-order valence-corrected chi connectivity index (χ0v) is 10.9. The molecule has 8 heteroatoms. The van der Waals surface area contributed by atoms with Gasteiger partial charge in [-0.15, -0.1) is 0 Å². The number of aromatic carboxylic acids is 1. The van der Waals surface area contributed by atoms with Gasteiger partial charge in [0.05, 0.1) is 6.61 Å². The Hall–Kier alpha value is -2.90. The van der Waals surface area contributed by atoms with Crippen molar-refractivity contribution >= 4 is 5.97 Å². The lowest BCUT2D eigenvalue weighted by Gasteiger charge is -2.08. The Kier molecular flexibility index (Phi) is 3.88. The van der Waals surface area contributed by atoms with E-state index in [0.717, 1.165) is 12.1 Å². The minimum atomic E-state index is -1.61. The summed E-state index contributed by atoms with van der Waals surface area (Å²) in [5.41, 5.74) is -2.09. The van der Waals surface area contributed by atoms with Crippen LogP contribution in [-0.4, -0.2) is 33.0 Å². The first kappa shape index (κ1) is 14.5. The van der Waals surface area contributed by atoms with E-state index in [0.29, 0.717) is 6.61 Å². The predicted octanol–water partition coefficient (Wildman–Crippen LogP) is 1.38. The number of aromatic nitrogens is 2. The van der Waals surface area contributed by atoms with Gasteiger partial charge in [0.15, 0.2) is 11.3 Å². The number of nitrogens with zero attached hydrogens (tertiary/aromatic N) is 1. The molecule has 0 spiro atoms. The summed E-state index contributed by atoms with van der Waals surface area (Å²) < 4.78 is 18.7. The van der Waals surface area contributed by atoms with Gasteiger partial charge in [-0.1, -0.05) is 0 Å². The van der Waals surface area contributed by atoms with Gasteiger partial charge in [-0.05, 0) is 19.1 Å². The van der Waals surface area contributed by atoms with Crippen LogP contribution >= 0.6 is 0 Å². The van der Waals surface area contributed by atoms with Gasteiger partial charge in [-0.25, -0.2) is 14.3 Å². The number of halogens is 1. The van der Waals surface area contributed by atoms with Gasteiger partial charge in [0.25, 0.3) is 5.56 Å². The Balaban J connectivity index is 2.65. The molecule has 0 bridgehead atoms. The molecular weight excluding hydrogens is 283 g/mol. The Bertz CT molecular complexity index is 757. The van der Waals surface area contributed by atoms with Gasteiger partial charge in [0.2, 0.25) is 0 Å². The molecule has 21 heavy (non-hydrogen) atoms. The number of aromatic hydroxyl groups is 1. The molecule has 0 aliphatic carbocycles. The number of rotatable bonds is 4. The first-order valence-corrected chi connectivity index (χ1v) is 5.92.